The Morgan fingerprint density at radius 3 is 2.31 bits per heavy atom. The highest BCUT2D eigenvalue weighted by atomic mass is 32.2. The molecule has 0 spiro atoms. The molecule has 2 aromatic carbocycles. The van der Waals surface area contributed by atoms with Crippen LogP contribution in [0.5, 0.6) is 0 Å². The quantitative estimate of drug-likeness (QED) is 0.349. The molecule has 0 radical (unpaired) electrons. The van der Waals surface area contributed by atoms with Crippen molar-refractivity contribution in [2.75, 3.05) is 35.7 Å². The van der Waals surface area contributed by atoms with E-state index in [4.69, 9.17) is 0 Å². The molecule has 0 bridgehead atoms. The van der Waals surface area contributed by atoms with Crippen LogP contribution >= 0.6 is 11.8 Å². The molecule has 9 heteroatoms. The largest absolute Gasteiger partial charge is 0.363 e. The Hall–Kier alpha value is -2.55. The Labute approximate surface area is 169 Å². The molecule has 0 amide bonds. The van der Waals surface area contributed by atoms with E-state index in [1.165, 1.54) is 17.5 Å². The second-order valence-corrected chi connectivity index (χ2v) is 7.66. The minimum absolute atomic E-state index is 0.184. The number of benzene rings is 2. The molecule has 3 aromatic rings. The number of para-hydroxylation sites is 1. The fourth-order valence-electron chi connectivity index (χ4n) is 3.75. The summed E-state index contributed by atoms with van der Waals surface area (Å²) < 4.78 is 57.5. The average Bonchev–Trinajstić information content (AvgIpc) is 2.73. The third-order valence-electron chi connectivity index (χ3n) is 5.14. The van der Waals surface area contributed by atoms with Gasteiger partial charge in [0.1, 0.15) is 17.8 Å². The number of piperazine rings is 1. The number of rotatable bonds is 3. The zero-order chi connectivity index (χ0) is 20.7. The molecule has 1 atom stereocenters. The van der Waals surface area contributed by atoms with E-state index in [-0.39, 0.29) is 19.1 Å². The number of halogens is 4. The highest BCUT2D eigenvalue weighted by molar-refractivity contribution is 7.98. The molecule has 1 fully saturated rings. The number of thioether (sulfide) groups is 1. The second kappa shape index (κ2) is 7.70. The highest BCUT2D eigenvalue weighted by Crippen LogP contribution is 2.36. The van der Waals surface area contributed by atoms with E-state index in [1.54, 1.807) is 0 Å². The number of nitrogens with zero attached hydrogens (tertiary/aromatic N) is 4. The Morgan fingerprint density at radius 2 is 1.66 bits per heavy atom. The van der Waals surface area contributed by atoms with Crippen LogP contribution in [0.4, 0.5) is 29.1 Å². The lowest BCUT2D eigenvalue weighted by Gasteiger charge is -2.42. The predicted octanol–water partition coefficient (Wildman–Crippen LogP) is 4.62. The van der Waals surface area contributed by atoms with Gasteiger partial charge in [-0.25, -0.2) is 27.5 Å². The summed E-state index contributed by atoms with van der Waals surface area (Å²) >= 11 is 0.634. The lowest BCUT2D eigenvalue weighted by Crippen LogP contribution is -2.53. The van der Waals surface area contributed by atoms with Crippen LogP contribution in [-0.4, -0.2) is 41.9 Å². The number of hydrogen-bond acceptors (Lipinski definition) is 5. The maximum Gasteiger partial charge on any atom is 0.186 e. The van der Waals surface area contributed by atoms with E-state index in [0.717, 1.165) is 16.7 Å². The molecule has 1 aliphatic rings. The molecular weight excluding hydrogens is 404 g/mol. The van der Waals surface area contributed by atoms with E-state index in [0.29, 0.717) is 18.3 Å². The molecule has 0 N–H and O–H groups in total. The van der Waals surface area contributed by atoms with Gasteiger partial charge in [-0.15, -0.1) is 11.8 Å². The van der Waals surface area contributed by atoms with Crippen molar-refractivity contribution in [1.82, 2.24) is 9.97 Å². The molecule has 29 heavy (non-hydrogen) atoms. The lowest BCUT2D eigenvalue weighted by molar-refractivity contribution is 0.419. The van der Waals surface area contributed by atoms with Gasteiger partial charge < -0.3 is 9.80 Å². The minimum Gasteiger partial charge on any atom is -0.363 e. The van der Waals surface area contributed by atoms with Crippen molar-refractivity contribution < 1.29 is 17.6 Å². The zero-order valence-electron chi connectivity index (χ0n) is 15.8. The first kappa shape index (κ1) is 19.8. The van der Waals surface area contributed by atoms with Gasteiger partial charge in [-0.05, 0) is 25.3 Å². The van der Waals surface area contributed by atoms with Crippen LogP contribution in [-0.2, 0) is 0 Å². The highest BCUT2D eigenvalue weighted by Gasteiger charge is 2.33. The number of aromatic nitrogens is 2. The molecule has 4 nitrogen and oxygen atoms in total. The summed E-state index contributed by atoms with van der Waals surface area (Å²) in [6.07, 6.45) is 2.84. The van der Waals surface area contributed by atoms with E-state index in [1.807, 2.05) is 36.1 Å². The van der Waals surface area contributed by atoms with Crippen LogP contribution in [0.25, 0.3) is 10.9 Å². The summed E-state index contributed by atoms with van der Waals surface area (Å²) in [5, 5.41) is 0.870. The summed E-state index contributed by atoms with van der Waals surface area (Å²) in [5.41, 5.74) is 0.137. The molecular formula is C20H18F4N4S. The van der Waals surface area contributed by atoms with Gasteiger partial charge in [-0.1, -0.05) is 12.1 Å². The normalized spacial score (nSPS) is 17.2. The maximum atomic E-state index is 14.6. The summed E-state index contributed by atoms with van der Waals surface area (Å²) in [7, 11) is 0. The summed E-state index contributed by atoms with van der Waals surface area (Å²) in [5.74, 6) is -4.71. The molecule has 152 valence electrons. The molecule has 1 unspecified atom stereocenters. The first-order valence-corrected chi connectivity index (χ1v) is 10.3. The van der Waals surface area contributed by atoms with Crippen LogP contribution in [0.2, 0.25) is 0 Å². The van der Waals surface area contributed by atoms with E-state index >= 15 is 0 Å². The van der Waals surface area contributed by atoms with Gasteiger partial charge in [0.25, 0.3) is 0 Å². The standard InChI is InChI=1S/C20H18F4N4S/c1-11-9-27(18-14(21)16(23)19(29-2)17(24)15(18)22)7-8-28(11)20-12-5-3-4-6-13(12)25-10-26-20/h3-6,10-11H,7-9H2,1-2H3. The molecule has 2 heterocycles. The Kier molecular flexibility index (Phi) is 5.24. The first-order chi connectivity index (χ1) is 13.9. The van der Waals surface area contributed by atoms with Crippen molar-refractivity contribution in [3.8, 4) is 0 Å². The van der Waals surface area contributed by atoms with Crippen LogP contribution in [0.3, 0.4) is 0 Å². The van der Waals surface area contributed by atoms with Gasteiger partial charge in [0.15, 0.2) is 23.3 Å². The van der Waals surface area contributed by atoms with Gasteiger partial charge >= 0.3 is 0 Å². The Bertz CT molecular complexity index is 1040. The van der Waals surface area contributed by atoms with Crippen LogP contribution in [0, 0.1) is 23.3 Å². The predicted molar refractivity (Wildman–Crippen MR) is 107 cm³/mol. The maximum absolute atomic E-state index is 14.6. The summed E-state index contributed by atoms with van der Waals surface area (Å²) in [6.45, 7) is 2.63. The topological polar surface area (TPSA) is 32.3 Å². The van der Waals surface area contributed by atoms with Gasteiger partial charge in [-0.2, -0.15) is 0 Å². The fraction of sp³-hybridized carbons (Fsp3) is 0.300. The van der Waals surface area contributed by atoms with Crippen molar-refractivity contribution in [1.29, 1.82) is 0 Å². The number of fused-ring (bicyclic) bond motifs is 1. The lowest BCUT2D eigenvalue weighted by atomic mass is 10.1. The van der Waals surface area contributed by atoms with Crippen molar-refractivity contribution >= 4 is 34.2 Å². The molecule has 4 rings (SSSR count). The molecule has 1 aliphatic heterocycles. The SMILES string of the molecule is CSc1c(F)c(F)c(N2CCN(c3ncnc4ccccc34)C(C)C2)c(F)c1F. The monoisotopic (exact) mass is 422 g/mol. The summed E-state index contributed by atoms with van der Waals surface area (Å²) in [4.78, 5) is 11.4. The summed E-state index contributed by atoms with van der Waals surface area (Å²) in [6, 6.07) is 7.36. The fourth-order valence-corrected chi connectivity index (χ4v) is 4.29. The van der Waals surface area contributed by atoms with Crippen LogP contribution in [0.15, 0.2) is 35.5 Å². The number of hydrogen-bond donors (Lipinski definition) is 0. The molecule has 1 aromatic heterocycles. The van der Waals surface area contributed by atoms with Crippen molar-refractivity contribution in [2.24, 2.45) is 0 Å². The van der Waals surface area contributed by atoms with Gasteiger partial charge in [0.05, 0.1) is 10.4 Å². The molecule has 0 aliphatic carbocycles. The average molecular weight is 422 g/mol. The first-order valence-electron chi connectivity index (χ1n) is 9.05. The Balaban J connectivity index is 1.67. The van der Waals surface area contributed by atoms with Crippen molar-refractivity contribution in [2.45, 2.75) is 17.9 Å². The van der Waals surface area contributed by atoms with Crippen LogP contribution in [0.1, 0.15) is 6.92 Å². The third kappa shape index (κ3) is 3.27. The zero-order valence-corrected chi connectivity index (χ0v) is 16.6. The molecule has 1 saturated heterocycles. The van der Waals surface area contributed by atoms with Gasteiger partial charge in [0.2, 0.25) is 0 Å². The van der Waals surface area contributed by atoms with Gasteiger partial charge in [-0.3, -0.25) is 0 Å². The van der Waals surface area contributed by atoms with E-state index in [9.17, 15) is 17.6 Å². The Morgan fingerprint density at radius 1 is 0.966 bits per heavy atom. The van der Waals surface area contributed by atoms with E-state index < -0.39 is 33.9 Å². The van der Waals surface area contributed by atoms with Crippen molar-refractivity contribution in [3.63, 3.8) is 0 Å². The second-order valence-electron chi connectivity index (χ2n) is 6.84. The van der Waals surface area contributed by atoms with E-state index in [2.05, 4.69) is 9.97 Å². The van der Waals surface area contributed by atoms with Gasteiger partial charge in [0, 0.05) is 31.1 Å². The minimum atomic E-state index is -1.36. The third-order valence-corrected chi connectivity index (χ3v) is 5.91. The van der Waals surface area contributed by atoms with Crippen molar-refractivity contribution in [3.05, 3.63) is 53.9 Å². The molecule has 0 saturated carbocycles. The van der Waals surface area contributed by atoms with Crippen LogP contribution < -0.4 is 9.80 Å². The number of anilines is 2. The smallest absolute Gasteiger partial charge is 0.186 e.